The molecule has 3 rings (SSSR count). The minimum atomic E-state index is -4.40. The first-order valence-corrected chi connectivity index (χ1v) is 8.74. The van der Waals surface area contributed by atoms with Crippen molar-refractivity contribution >= 4 is 11.6 Å². The number of amides is 1. The molecule has 0 aliphatic rings. The summed E-state index contributed by atoms with van der Waals surface area (Å²) < 4.78 is 45.2. The van der Waals surface area contributed by atoms with Crippen molar-refractivity contribution < 1.29 is 22.7 Å². The summed E-state index contributed by atoms with van der Waals surface area (Å²) in [6.45, 7) is 4.10. The molecule has 0 radical (unpaired) electrons. The van der Waals surface area contributed by atoms with Crippen LogP contribution in [0.3, 0.4) is 0 Å². The minimum Gasteiger partial charge on any atom is -0.483 e. The molecule has 0 fully saturated rings. The summed E-state index contributed by atoms with van der Waals surface area (Å²) in [5.41, 5.74) is 2.35. The predicted molar refractivity (Wildman–Crippen MR) is 98.3 cm³/mol. The van der Waals surface area contributed by atoms with Crippen molar-refractivity contribution in [2.24, 2.45) is 0 Å². The molecule has 0 unspecified atom stereocenters. The molecule has 0 saturated carbocycles. The lowest BCUT2D eigenvalue weighted by atomic mass is 10.1. The molecule has 0 spiro atoms. The fraction of sp³-hybridized carbons (Fsp3) is 0.300. The number of nitrogens with one attached hydrogen (secondary N) is 1. The Morgan fingerprint density at radius 2 is 1.96 bits per heavy atom. The highest BCUT2D eigenvalue weighted by Crippen LogP contribution is 2.29. The minimum absolute atomic E-state index is 0.107. The Morgan fingerprint density at radius 1 is 1.18 bits per heavy atom. The lowest BCUT2D eigenvalue weighted by molar-refractivity contribution is -0.137. The second kappa shape index (κ2) is 7.92. The third-order valence-electron chi connectivity index (χ3n) is 4.45. The summed E-state index contributed by atoms with van der Waals surface area (Å²) in [7, 11) is 0. The van der Waals surface area contributed by atoms with Gasteiger partial charge in [0.1, 0.15) is 11.4 Å². The van der Waals surface area contributed by atoms with Crippen LogP contribution in [0.1, 0.15) is 22.4 Å². The third kappa shape index (κ3) is 4.62. The first-order chi connectivity index (χ1) is 13.2. The molecule has 1 aromatic carbocycles. The van der Waals surface area contributed by atoms with Gasteiger partial charge in [0.15, 0.2) is 6.61 Å². The largest absolute Gasteiger partial charge is 0.483 e. The molecule has 1 N–H and O–H groups in total. The molecule has 1 amide bonds. The number of nitrogens with zero attached hydrogens (tertiary/aromatic N) is 2. The summed E-state index contributed by atoms with van der Waals surface area (Å²) >= 11 is 0. The van der Waals surface area contributed by atoms with E-state index in [1.165, 1.54) is 16.7 Å². The summed E-state index contributed by atoms with van der Waals surface area (Å²) in [4.78, 5) is 16.2. The normalized spacial score (nSPS) is 11.6. The SMILES string of the molecule is Cc1cccc(OCC(=O)NCCc2cn3cc(C(F)(F)F)ccc3n2)c1C. The van der Waals surface area contributed by atoms with Crippen LogP contribution in [0.15, 0.2) is 42.7 Å². The first kappa shape index (κ1) is 19.7. The number of alkyl halides is 3. The van der Waals surface area contributed by atoms with E-state index in [4.69, 9.17) is 4.74 Å². The maximum absolute atomic E-state index is 12.8. The van der Waals surface area contributed by atoms with Crippen molar-refractivity contribution in [3.8, 4) is 5.75 Å². The van der Waals surface area contributed by atoms with Gasteiger partial charge in [-0.3, -0.25) is 4.79 Å². The van der Waals surface area contributed by atoms with Gasteiger partial charge in [-0.1, -0.05) is 12.1 Å². The van der Waals surface area contributed by atoms with E-state index < -0.39 is 11.7 Å². The van der Waals surface area contributed by atoms with Crippen LogP contribution in [-0.4, -0.2) is 28.4 Å². The fourth-order valence-electron chi connectivity index (χ4n) is 2.74. The van der Waals surface area contributed by atoms with Gasteiger partial charge in [-0.2, -0.15) is 13.2 Å². The van der Waals surface area contributed by atoms with Gasteiger partial charge < -0.3 is 14.5 Å². The van der Waals surface area contributed by atoms with Gasteiger partial charge in [-0.05, 0) is 43.2 Å². The summed E-state index contributed by atoms with van der Waals surface area (Å²) in [5.74, 6) is 0.389. The van der Waals surface area contributed by atoms with Gasteiger partial charge >= 0.3 is 6.18 Å². The number of hydrogen-bond acceptors (Lipinski definition) is 3. The Morgan fingerprint density at radius 3 is 2.71 bits per heavy atom. The molecule has 5 nitrogen and oxygen atoms in total. The number of ether oxygens (including phenoxy) is 1. The summed E-state index contributed by atoms with van der Waals surface area (Å²) in [5, 5.41) is 2.72. The number of imidazole rings is 1. The molecular weight excluding hydrogens is 371 g/mol. The van der Waals surface area contributed by atoms with E-state index in [0.29, 0.717) is 30.1 Å². The van der Waals surface area contributed by atoms with Crippen LogP contribution >= 0.6 is 0 Å². The van der Waals surface area contributed by atoms with E-state index in [0.717, 1.165) is 23.4 Å². The number of pyridine rings is 1. The lowest BCUT2D eigenvalue weighted by Crippen LogP contribution is -2.30. The third-order valence-corrected chi connectivity index (χ3v) is 4.45. The van der Waals surface area contributed by atoms with Gasteiger partial charge in [0.2, 0.25) is 0 Å². The van der Waals surface area contributed by atoms with Crippen LogP contribution in [0.2, 0.25) is 0 Å². The quantitative estimate of drug-likeness (QED) is 0.697. The average molecular weight is 391 g/mol. The molecule has 0 bridgehead atoms. The van der Waals surface area contributed by atoms with Crippen LogP contribution in [0, 0.1) is 13.8 Å². The van der Waals surface area contributed by atoms with Crippen molar-refractivity contribution in [1.29, 1.82) is 0 Å². The summed E-state index contributed by atoms with van der Waals surface area (Å²) in [6, 6.07) is 7.96. The van der Waals surface area contributed by atoms with Crippen LogP contribution < -0.4 is 10.1 Å². The molecule has 0 saturated heterocycles. The van der Waals surface area contributed by atoms with E-state index in [1.807, 2.05) is 32.0 Å². The number of rotatable bonds is 6. The molecule has 28 heavy (non-hydrogen) atoms. The zero-order chi connectivity index (χ0) is 20.3. The van der Waals surface area contributed by atoms with Crippen molar-refractivity contribution in [2.45, 2.75) is 26.4 Å². The Hall–Kier alpha value is -3.03. The van der Waals surface area contributed by atoms with Crippen molar-refractivity contribution in [3.63, 3.8) is 0 Å². The van der Waals surface area contributed by atoms with E-state index >= 15 is 0 Å². The van der Waals surface area contributed by atoms with E-state index in [2.05, 4.69) is 10.3 Å². The highest BCUT2D eigenvalue weighted by molar-refractivity contribution is 5.77. The number of carbonyl (C=O) groups is 1. The van der Waals surface area contributed by atoms with Crippen molar-refractivity contribution in [1.82, 2.24) is 14.7 Å². The molecule has 8 heteroatoms. The highest BCUT2D eigenvalue weighted by atomic mass is 19.4. The fourth-order valence-corrected chi connectivity index (χ4v) is 2.74. The van der Waals surface area contributed by atoms with Crippen LogP contribution in [0.5, 0.6) is 5.75 Å². The Bertz CT molecular complexity index is 996. The molecule has 0 aliphatic heterocycles. The second-order valence-corrected chi connectivity index (χ2v) is 6.50. The average Bonchev–Trinajstić information content (AvgIpc) is 3.04. The van der Waals surface area contributed by atoms with E-state index in [-0.39, 0.29) is 12.5 Å². The highest BCUT2D eigenvalue weighted by Gasteiger charge is 2.30. The predicted octanol–water partition coefficient (Wildman–Crippen LogP) is 3.71. The lowest BCUT2D eigenvalue weighted by Gasteiger charge is -2.10. The molecule has 2 aromatic heterocycles. The number of fused-ring (bicyclic) bond motifs is 1. The van der Waals surface area contributed by atoms with Gasteiger partial charge in [0.05, 0.1) is 11.3 Å². The van der Waals surface area contributed by atoms with Crippen LogP contribution in [0.4, 0.5) is 13.2 Å². The molecule has 0 aliphatic carbocycles. The Balaban J connectivity index is 1.51. The smallest absolute Gasteiger partial charge is 0.417 e. The van der Waals surface area contributed by atoms with Gasteiger partial charge in [-0.25, -0.2) is 4.98 Å². The number of hydrogen-bond donors (Lipinski definition) is 1. The topological polar surface area (TPSA) is 55.6 Å². The number of halogens is 3. The van der Waals surface area contributed by atoms with E-state index in [1.54, 1.807) is 0 Å². The van der Waals surface area contributed by atoms with Crippen LogP contribution in [0.25, 0.3) is 5.65 Å². The maximum atomic E-state index is 12.8. The summed E-state index contributed by atoms with van der Waals surface area (Å²) in [6.07, 6.45) is -1.47. The molecule has 3 aromatic rings. The zero-order valence-electron chi connectivity index (χ0n) is 15.5. The molecular formula is C20H20F3N3O2. The molecule has 0 atom stereocenters. The second-order valence-electron chi connectivity index (χ2n) is 6.50. The maximum Gasteiger partial charge on any atom is 0.417 e. The first-order valence-electron chi connectivity index (χ1n) is 8.74. The Kier molecular flexibility index (Phi) is 5.58. The number of aryl methyl sites for hydroxylation is 1. The van der Waals surface area contributed by atoms with Crippen molar-refractivity contribution in [3.05, 3.63) is 65.1 Å². The number of aromatic nitrogens is 2. The van der Waals surface area contributed by atoms with Gasteiger partial charge in [-0.15, -0.1) is 0 Å². The van der Waals surface area contributed by atoms with Gasteiger partial charge in [0, 0.05) is 25.4 Å². The standard InChI is InChI=1S/C20H20F3N3O2/c1-13-4-3-5-17(14(13)2)28-12-19(27)24-9-8-16-11-26-10-15(20(21,22)23)6-7-18(26)25-16/h3-7,10-11H,8-9,12H2,1-2H3,(H,24,27). The molecule has 148 valence electrons. The number of carbonyl (C=O) groups excluding carboxylic acids is 1. The monoisotopic (exact) mass is 391 g/mol. The van der Waals surface area contributed by atoms with Crippen LogP contribution in [-0.2, 0) is 17.4 Å². The van der Waals surface area contributed by atoms with Gasteiger partial charge in [0.25, 0.3) is 5.91 Å². The van der Waals surface area contributed by atoms with E-state index in [9.17, 15) is 18.0 Å². The Labute approximate surface area is 160 Å². The zero-order valence-corrected chi connectivity index (χ0v) is 15.5. The molecule has 2 heterocycles. The van der Waals surface area contributed by atoms with Crippen molar-refractivity contribution in [2.75, 3.05) is 13.2 Å². The number of benzene rings is 1.